The smallest absolute Gasteiger partial charge is 0.409 e. The van der Waals surface area contributed by atoms with Gasteiger partial charge in [-0.05, 0) is 59.1 Å². The molecule has 0 unspecified atom stereocenters. The van der Waals surface area contributed by atoms with Crippen LogP contribution in [-0.4, -0.2) is 67.4 Å². The van der Waals surface area contributed by atoms with E-state index in [4.69, 9.17) is 27.1 Å². The Morgan fingerprint density at radius 1 is 1.12 bits per heavy atom. The zero-order valence-electron chi connectivity index (χ0n) is 27.8. The maximum Gasteiger partial charge on any atom is 0.409 e. The fourth-order valence-corrected chi connectivity index (χ4v) is 6.63. The van der Waals surface area contributed by atoms with Crippen LogP contribution in [0, 0.1) is 5.41 Å². The van der Waals surface area contributed by atoms with Gasteiger partial charge in [-0.3, -0.25) is 14.8 Å². The first-order chi connectivity index (χ1) is 23.3. The van der Waals surface area contributed by atoms with E-state index in [2.05, 4.69) is 15.3 Å². The van der Waals surface area contributed by atoms with Crippen LogP contribution >= 0.6 is 11.6 Å². The second-order valence-electron chi connectivity index (χ2n) is 13.6. The standard InChI is InChI=1S/C35H39ClF2N8O3/c1-5-21-16-40-43-29(21)26-15-23(9-12-27(26)36)28(19-49-33(48)44-13-6-14-44)46-30(47)35(42-32(46)39,20-34(2,3)4)25-10-7-22(8-11-25)24-17-41-45(18-24)31(37)38/h7-12,15-18,28,31H,5-6,13-14,19-20H2,1-4H3,(H2,39,42)(H,40,43)/t28-,35-/m1/s1. The van der Waals surface area contributed by atoms with Crippen LogP contribution in [0.15, 0.2) is 66.0 Å². The molecule has 2 atom stereocenters. The van der Waals surface area contributed by atoms with Crippen molar-refractivity contribution >= 4 is 29.6 Å². The number of carbonyl (C=O) groups excluding carboxylic acids is 2. The molecule has 0 spiro atoms. The molecular weight excluding hydrogens is 654 g/mol. The molecule has 258 valence electrons. The number of aromatic amines is 1. The maximum atomic E-state index is 14.9. The van der Waals surface area contributed by atoms with E-state index < -0.39 is 24.2 Å². The first-order valence-electron chi connectivity index (χ1n) is 16.2. The number of H-pyrrole nitrogens is 1. The number of hydrogen-bond donors (Lipinski definition) is 2. The van der Waals surface area contributed by atoms with Gasteiger partial charge in [0, 0.05) is 35.4 Å². The third-order valence-corrected chi connectivity index (χ3v) is 9.27. The van der Waals surface area contributed by atoms with Crippen molar-refractivity contribution in [3.8, 4) is 22.4 Å². The fraction of sp³-hybridized carbons (Fsp3) is 0.400. The van der Waals surface area contributed by atoms with Crippen molar-refractivity contribution in [2.75, 3.05) is 19.7 Å². The number of halogens is 3. The summed E-state index contributed by atoms with van der Waals surface area (Å²) < 4.78 is 32.7. The lowest BCUT2D eigenvalue weighted by Crippen LogP contribution is -2.48. The van der Waals surface area contributed by atoms with Crippen LogP contribution in [0.1, 0.15) is 69.8 Å². The summed E-state index contributed by atoms with van der Waals surface area (Å²) in [7, 11) is 0. The lowest BCUT2D eigenvalue weighted by atomic mass is 9.75. The minimum Gasteiger partial charge on any atom is -0.447 e. The highest BCUT2D eigenvalue weighted by atomic mass is 35.5. The quantitative estimate of drug-likeness (QED) is 0.185. The van der Waals surface area contributed by atoms with Crippen LogP contribution in [0.2, 0.25) is 5.02 Å². The first kappa shape index (κ1) is 34.1. The Morgan fingerprint density at radius 2 is 1.86 bits per heavy atom. The number of aliphatic imine (C=N–C) groups is 1. The van der Waals surface area contributed by atoms with Crippen molar-refractivity contribution in [3.05, 3.63) is 82.8 Å². The van der Waals surface area contributed by atoms with Gasteiger partial charge in [0.2, 0.25) is 0 Å². The molecule has 4 aromatic rings. The number of ether oxygens (including phenoxy) is 1. The molecule has 0 aliphatic carbocycles. The summed E-state index contributed by atoms with van der Waals surface area (Å²) in [5.74, 6) is -0.399. The predicted molar refractivity (Wildman–Crippen MR) is 182 cm³/mol. The molecule has 0 radical (unpaired) electrons. The number of nitrogens with two attached hydrogens (primary N) is 1. The van der Waals surface area contributed by atoms with Gasteiger partial charge in [0.05, 0.1) is 24.1 Å². The number of aromatic nitrogens is 4. The van der Waals surface area contributed by atoms with Gasteiger partial charge >= 0.3 is 12.6 Å². The molecule has 4 heterocycles. The molecule has 1 fully saturated rings. The second kappa shape index (κ2) is 13.3. The number of carbonyl (C=O) groups is 2. The van der Waals surface area contributed by atoms with Crippen LogP contribution in [0.3, 0.4) is 0 Å². The van der Waals surface area contributed by atoms with Gasteiger partial charge < -0.3 is 15.4 Å². The van der Waals surface area contributed by atoms with E-state index in [9.17, 15) is 18.4 Å². The summed E-state index contributed by atoms with van der Waals surface area (Å²) in [5, 5.41) is 11.5. The minimum absolute atomic E-state index is 0.0196. The molecule has 0 bridgehead atoms. The van der Waals surface area contributed by atoms with Gasteiger partial charge in [-0.15, -0.1) is 0 Å². The highest BCUT2D eigenvalue weighted by Gasteiger charge is 2.53. The zero-order chi connectivity index (χ0) is 35.1. The number of benzene rings is 2. The lowest BCUT2D eigenvalue weighted by molar-refractivity contribution is -0.135. The number of guanidine groups is 1. The lowest BCUT2D eigenvalue weighted by Gasteiger charge is -2.35. The van der Waals surface area contributed by atoms with E-state index in [1.165, 1.54) is 17.3 Å². The van der Waals surface area contributed by atoms with Crippen molar-refractivity contribution in [2.24, 2.45) is 16.1 Å². The molecule has 49 heavy (non-hydrogen) atoms. The van der Waals surface area contributed by atoms with Crippen molar-refractivity contribution in [3.63, 3.8) is 0 Å². The molecule has 2 aromatic carbocycles. The van der Waals surface area contributed by atoms with Gasteiger partial charge in [-0.2, -0.15) is 19.0 Å². The van der Waals surface area contributed by atoms with Crippen molar-refractivity contribution in [1.29, 1.82) is 0 Å². The number of nitrogens with zero attached hydrogens (tertiary/aromatic N) is 6. The van der Waals surface area contributed by atoms with Crippen LogP contribution in [0.25, 0.3) is 22.4 Å². The molecule has 2 aliphatic heterocycles. The summed E-state index contributed by atoms with van der Waals surface area (Å²) in [6.07, 6.45) is 5.83. The molecule has 6 rings (SSSR count). The van der Waals surface area contributed by atoms with Gasteiger partial charge in [-0.1, -0.05) is 69.6 Å². The number of aryl methyl sites for hydroxylation is 1. The number of nitrogens with one attached hydrogen (secondary N) is 1. The number of alkyl halides is 2. The molecular formula is C35H39ClF2N8O3. The minimum atomic E-state index is -2.76. The van der Waals surface area contributed by atoms with E-state index >= 15 is 0 Å². The van der Waals surface area contributed by atoms with Crippen molar-refractivity contribution in [2.45, 2.75) is 65.1 Å². The van der Waals surface area contributed by atoms with Crippen molar-refractivity contribution in [1.82, 2.24) is 29.8 Å². The summed E-state index contributed by atoms with van der Waals surface area (Å²) >= 11 is 6.69. The summed E-state index contributed by atoms with van der Waals surface area (Å²) in [4.78, 5) is 35.7. The Bertz CT molecular complexity index is 1880. The Hall–Kier alpha value is -4.78. The largest absolute Gasteiger partial charge is 0.447 e. The number of hydrogen-bond acceptors (Lipinski definition) is 7. The van der Waals surface area contributed by atoms with Crippen LogP contribution < -0.4 is 5.73 Å². The third-order valence-electron chi connectivity index (χ3n) is 8.94. The van der Waals surface area contributed by atoms with Gasteiger partial charge in [0.25, 0.3) is 5.91 Å². The molecule has 11 nitrogen and oxygen atoms in total. The first-order valence-corrected chi connectivity index (χ1v) is 16.5. The van der Waals surface area contributed by atoms with Gasteiger partial charge in [0.1, 0.15) is 6.61 Å². The Morgan fingerprint density at radius 3 is 2.47 bits per heavy atom. The molecule has 2 aromatic heterocycles. The van der Waals surface area contributed by atoms with Gasteiger partial charge in [-0.25, -0.2) is 14.5 Å². The maximum absolute atomic E-state index is 14.9. The SMILES string of the molecule is CCc1cn[nH]c1-c1cc([C@@H](COC(=O)N2CCC2)N2C(=O)[C@@](CC(C)(C)C)(c3ccc(-c4cnn(C(F)F)c4)cc3)N=C2N)ccc1Cl. The van der Waals surface area contributed by atoms with Crippen LogP contribution in [-0.2, 0) is 21.5 Å². The fourth-order valence-electron chi connectivity index (χ4n) is 6.42. The summed E-state index contributed by atoms with van der Waals surface area (Å²) in [6, 6.07) is 11.6. The monoisotopic (exact) mass is 692 g/mol. The molecule has 14 heteroatoms. The molecule has 2 amide bonds. The Labute approximate surface area is 288 Å². The highest BCUT2D eigenvalue weighted by Crippen LogP contribution is 2.45. The van der Waals surface area contributed by atoms with E-state index in [1.54, 1.807) is 47.5 Å². The summed E-state index contributed by atoms with van der Waals surface area (Å²) in [6.45, 7) is 6.32. The van der Waals surface area contributed by atoms with E-state index in [-0.39, 0.29) is 23.9 Å². The summed E-state index contributed by atoms with van der Waals surface area (Å²) in [5.41, 5.74) is 9.66. The second-order valence-corrected chi connectivity index (χ2v) is 14.0. The van der Waals surface area contributed by atoms with E-state index in [0.29, 0.717) is 57.0 Å². The molecule has 0 saturated carbocycles. The zero-order valence-corrected chi connectivity index (χ0v) is 28.5. The average Bonchev–Trinajstić information content (AvgIpc) is 3.76. The number of likely N-dealkylation sites (tertiary alicyclic amines) is 1. The molecule has 1 saturated heterocycles. The van der Waals surface area contributed by atoms with Crippen LogP contribution in [0.4, 0.5) is 13.6 Å². The molecule has 3 N–H and O–H groups in total. The average molecular weight is 693 g/mol. The Kier molecular flexibility index (Phi) is 9.23. The van der Waals surface area contributed by atoms with E-state index in [0.717, 1.165) is 24.1 Å². The third kappa shape index (κ3) is 6.63. The number of amides is 2. The Balaban J connectivity index is 1.40. The van der Waals surface area contributed by atoms with E-state index in [1.807, 2.05) is 33.8 Å². The van der Waals surface area contributed by atoms with Crippen molar-refractivity contribution < 1.29 is 23.1 Å². The molecule has 2 aliphatic rings. The highest BCUT2D eigenvalue weighted by molar-refractivity contribution is 6.33. The number of rotatable bonds is 10. The predicted octanol–water partition coefficient (Wildman–Crippen LogP) is 6.92. The van der Waals surface area contributed by atoms with Gasteiger partial charge in [0.15, 0.2) is 11.5 Å². The topological polar surface area (TPSA) is 135 Å². The normalized spacial score (nSPS) is 18.5. The van der Waals surface area contributed by atoms with Crippen LogP contribution in [0.5, 0.6) is 0 Å².